The summed E-state index contributed by atoms with van der Waals surface area (Å²) in [7, 11) is 0. The van der Waals surface area contributed by atoms with E-state index in [0.717, 1.165) is 12.8 Å². The van der Waals surface area contributed by atoms with Crippen molar-refractivity contribution in [3.05, 3.63) is 28.8 Å². The Kier molecular flexibility index (Phi) is 4.32. The molecule has 1 aromatic carbocycles. The van der Waals surface area contributed by atoms with Gasteiger partial charge >= 0.3 is 6.18 Å². The molecule has 1 aliphatic heterocycles. The lowest BCUT2D eigenvalue weighted by Crippen LogP contribution is -2.48. The topological polar surface area (TPSA) is 69.4 Å². The number of fused-ring (bicyclic) bond motifs is 1. The van der Waals surface area contributed by atoms with Gasteiger partial charge in [0.25, 0.3) is 0 Å². The molecule has 3 rings (SSSR count). The third kappa shape index (κ3) is 3.14. The first-order valence-electron chi connectivity index (χ1n) is 7.33. The van der Waals surface area contributed by atoms with E-state index in [0.29, 0.717) is 0 Å². The summed E-state index contributed by atoms with van der Waals surface area (Å²) in [5, 5.41) is 13.8. The number of rotatable bonds is 3. The minimum Gasteiger partial charge on any atom is -0.359 e. The first-order chi connectivity index (χ1) is 11.4. The molecule has 2 aliphatic rings. The van der Waals surface area contributed by atoms with Gasteiger partial charge in [-0.25, -0.2) is 4.99 Å². The third-order valence-corrected chi connectivity index (χ3v) is 4.26. The van der Waals surface area contributed by atoms with Crippen LogP contribution in [0.15, 0.2) is 23.2 Å². The standard InChI is InChI=1S/C15H14ClF3N4O/c16-10-3-4-12-11(5-10)14(15(17,18)19,24-6-9-1-2-9)7-21-13(23-12)22-8-20/h3-5,9H,1-2,6-7H2,(H2,21,22,23)/t14-/m0/s1. The van der Waals surface area contributed by atoms with Gasteiger partial charge < -0.3 is 10.1 Å². The van der Waals surface area contributed by atoms with Crippen molar-refractivity contribution < 1.29 is 17.9 Å². The van der Waals surface area contributed by atoms with Gasteiger partial charge in [-0.05, 0) is 37.0 Å². The lowest BCUT2D eigenvalue weighted by atomic mass is 9.91. The molecule has 1 saturated carbocycles. The van der Waals surface area contributed by atoms with E-state index in [9.17, 15) is 13.2 Å². The minimum absolute atomic E-state index is 0.00198. The summed E-state index contributed by atoms with van der Waals surface area (Å²) in [6.45, 7) is -0.699. The van der Waals surface area contributed by atoms with Gasteiger partial charge in [0.2, 0.25) is 11.6 Å². The number of halogens is 4. The SMILES string of the molecule is N#CNC1=NC[C@@](OCC2CC2)(C(F)(F)F)c2cc(Cl)ccc2N1. The fraction of sp³-hybridized carbons (Fsp3) is 0.467. The predicted octanol–water partition coefficient (Wildman–Crippen LogP) is 3.38. The highest BCUT2D eigenvalue weighted by Crippen LogP contribution is 2.48. The van der Waals surface area contributed by atoms with E-state index in [1.165, 1.54) is 18.2 Å². The van der Waals surface area contributed by atoms with Crippen molar-refractivity contribution in [2.24, 2.45) is 10.9 Å². The second kappa shape index (κ2) is 6.15. The summed E-state index contributed by atoms with van der Waals surface area (Å²) in [5.74, 6) is 0.0750. The number of alkyl halides is 3. The number of nitriles is 1. The smallest absolute Gasteiger partial charge is 0.359 e. The van der Waals surface area contributed by atoms with E-state index in [1.807, 2.05) is 0 Å². The molecule has 0 bridgehead atoms. The van der Waals surface area contributed by atoms with Crippen molar-refractivity contribution in [2.75, 3.05) is 18.5 Å². The molecule has 24 heavy (non-hydrogen) atoms. The number of guanidine groups is 1. The molecular formula is C15H14ClF3N4O. The van der Waals surface area contributed by atoms with Gasteiger partial charge in [0.05, 0.1) is 13.2 Å². The van der Waals surface area contributed by atoms with Gasteiger partial charge in [0.1, 0.15) is 0 Å². The zero-order valence-corrected chi connectivity index (χ0v) is 13.2. The van der Waals surface area contributed by atoms with Crippen molar-refractivity contribution in [2.45, 2.75) is 24.6 Å². The predicted molar refractivity (Wildman–Crippen MR) is 82.5 cm³/mol. The minimum atomic E-state index is -4.70. The molecule has 0 radical (unpaired) electrons. The van der Waals surface area contributed by atoms with Gasteiger partial charge in [-0.3, -0.25) is 5.32 Å². The van der Waals surface area contributed by atoms with Crippen LogP contribution in [0.25, 0.3) is 0 Å². The van der Waals surface area contributed by atoms with Gasteiger partial charge in [0, 0.05) is 16.3 Å². The largest absolute Gasteiger partial charge is 0.423 e. The Hall–Kier alpha value is -1.98. The molecule has 0 aromatic heterocycles. The third-order valence-electron chi connectivity index (χ3n) is 4.02. The Bertz CT molecular complexity index is 712. The first-order valence-corrected chi connectivity index (χ1v) is 7.71. The summed E-state index contributed by atoms with van der Waals surface area (Å²) < 4.78 is 47.5. The number of nitrogens with one attached hydrogen (secondary N) is 2. The fourth-order valence-electron chi connectivity index (χ4n) is 2.52. The number of nitrogens with zero attached hydrogens (tertiary/aromatic N) is 2. The number of benzene rings is 1. The number of hydrogen-bond acceptors (Lipinski definition) is 5. The Morgan fingerprint density at radius 2 is 2.21 bits per heavy atom. The van der Waals surface area contributed by atoms with Crippen molar-refractivity contribution in [1.29, 1.82) is 5.26 Å². The van der Waals surface area contributed by atoms with Gasteiger partial charge in [0.15, 0.2) is 6.19 Å². The molecule has 0 unspecified atom stereocenters. The molecule has 1 heterocycles. The van der Waals surface area contributed by atoms with Crippen molar-refractivity contribution in [3.63, 3.8) is 0 Å². The molecule has 0 saturated heterocycles. The highest BCUT2D eigenvalue weighted by Gasteiger charge is 2.59. The molecule has 1 aliphatic carbocycles. The number of anilines is 1. The molecule has 9 heteroatoms. The summed E-state index contributed by atoms with van der Waals surface area (Å²) in [5.41, 5.74) is -2.60. The second-order valence-electron chi connectivity index (χ2n) is 5.80. The van der Waals surface area contributed by atoms with Gasteiger partial charge in [-0.15, -0.1) is 0 Å². The summed E-state index contributed by atoms with van der Waals surface area (Å²) in [6.07, 6.45) is -1.34. The van der Waals surface area contributed by atoms with Gasteiger partial charge in [-0.2, -0.15) is 18.4 Å². The molecule has 5 nitrogen and oxygen atoms in total. The molecule has 0 amide bonds. The van der Waals surface area contributed by atoms with Crippen LogP contribution in [0.5, 0.6) is 0 Å². The van der Waals surface area contributed by atoms with Crippen LogP contribution in [-0.2, 0) is 10.3 Å². The van der Waals surface area contributed by atoms with E-state index < -0.39 is 18.3 Å². The molecule has 128 valence electrons. The zero-order chi connectivity index (χ0) is 17.4. The normalized spacial score (nSPS) is 23.4. The van der Waals surface area contributed by atoms with Crippen molar-refractivity contribution in [1.82, 2.24) is 5.32 Å². The number of ether oxygens (including phenoxy) is 1. The fourth-order valence-corrected chi connectivity index (χ4v) is 2.69. The average Bonchev–Trinajstić information content (AvgIpc) is 3.32. The maximum atomic E-state index is 14.0. The first kappa shape index (κ1) is 16.9. The highest BCUT2D eigenvalue weighted by molar-refractivity contribution is 6.30. The summed E-state index contributed by atoms with van der Waals surface area (Å²) >= 11 is 5.92. The summed E-state index contributed by atoms with van der Waals surface area (Å²) in [4.78, 5) is 3.86. The summed E-state index contributed by atoms with van der Waals surface area (Å²) in [6, 6.07) is 4.11. The molecule has 1 aromatic rings. The monoisotopic (exact) mass is 358 g/mol. The Morgan fingerprint density at radius 1 is 1.46 bits per heavy atom. The molecule has 1 fully saturated rings. The van der Waals surface area contributed by atoms with Crippen LogP contribution in [0, 0.1) is 17.4 Å². The Morgan fingerprint density at radius 3 is 2.83 bits per heavy atom. The maximum absolute atomic E-state index is 14.0. The highest BCUT2D eigenvalue weighted by atomic mass is 35.5. The van der Waals surface area contributed by atoms with E-state index in [4.69, 9.17) is 21.6 Å². The lowest BCUT2D eigenvalue weighted by Gasteiger charge is -2.35. The maximum Gasteiger partial charge on any atom is 0.423 e. The van der Waals surface area contributed by atoms with Crippen LogP contribution in [0.3, 0.4) is 0 Å². The van der Waals surface area contributed by atoms with Crippen LogP contribution in [0.1, 0.15) is 18.4 Å². The van der Waals surface area contributed by atoms with Crippen LogP contribution in [0.4, 0.5) is 18.9 Å². The van der Waals surface area contributed by atoms with E-state index in [1.54, 1.807) is 6.19 Å². The second-order valence-corrected chi connectivity index (χ2v) is 6.23. The number of hydrogen-bond donors (Lipinski definition) is 2. The quantitative estimate of drug-likeness (QED) is 0.642. The number of aliphatic imine (C=N–C) groups is 1. The van der Waals surface area contributed by atoms with E-state index in [-0.39, 0.29) is 34.8 Å². The zero-order valence-electron chi connectivity index (χ0n) is 12.5. The van der Waals surface area contributed by atoms with Gasteiger partial charge in [-0.1, -0.05) is 11.6 Å². The van der Waals surface area contributed by atoms with E-state index >= 15 is 0 Å². The van der Waals surface area contributed by atoms with Crippen LogP contribution >= 0.6 is 11.6 Å². The van der Waals surface area contributed by atoms with Crippen LogP contribution in [-0.4, -0.2) is 25.3 Å². The Labute approximate surface area is 141 Å². The van der Waals surface area contributed by atoms with Crippen LogP contribution < -0.4 is 10.6 Å². The average molecular weight is 359 g/mol. The molecule has 0 spiro atoms. The molecular weight excluding hydrogens is 345 g/mol. The van der Waals surface area contributed by atoms with Crippen molar-refractivity contribution in [3.8, 4) is 6.19 Å². The van der Waals surface area contributed by atoms with Crippen molar-refractivity contribution >= 4 is 23.2 Å². The Balaban J connectivity index is 2.10. The lowest BCUT2D eigenvalue weighted by molar-refractivity contribution is -0.281. The molecule has 2 N–H and O–H groups in total. The van der Waals surface area contributed by atoms with Crippen LogP contribution in [0.2, 0.25) is 5.02 Å². The van der Waals surface area contributed by atoms with E-state index in [2.05, 4.69) is 15.6 Å². The molecule has 1 atom stereocenters.